The van der Waals surface area contributed by atoms with Crippen LogP contribution < -0.4 is 10.6 Å². The molecule has 7 nitrogen and oxygen atoms in total. The predicted octanol–water partition coefficient (Wildman–Crippen LogP) is 3.25. The molecule has 1 atom stereocenters. The molecular weight excluding hydrogens is 455 g/mol. The molecule has 158 valence electrons. The van der Waals surface area contributed by atoms with E-state index < -0.39 is 0 Å². The van der Waals surface area contributed by atoms with Crippen molar-refractivity contribution < 1.29 is 4.74 Å². The van der Waals surface area contributed by atoms with E-state index in [1.807, 2.05) is 6.92 Å². The zero-order chi connectivity index (χ0) is 19.2. The zero-order valence-electron chi connectivity index (χ0n) is 17.7. The number of guanidine groups is 1. The number of halogens is 1. The zero-order valence-corrected chi connectivity index (χ0v) is 20.0. The van der Waals surface area contributed by atoms with Gasteiger partial charge in [-0.05, 0) is 39.0 Å². The van der Waals surface area contributed by atoms with Crippen LogP contribution in [0.4, 0.5) is 0 Å². The summed E-state index contributed by atoms with van der Waals surface area (Å²) in [6, 6.07) is 0.400. The summed E-state index contributed by atoms with van der Waals surface area (Å²) in [6.07, 6.45) is 5.97. The number of aliphatic imine (C=N–C) groups is 1. The van der Waals surface area contributed by atoms with Crippen molar-refractivity contribution in [2.75, 3.05) is 26.3 Å². The molecule has 8 heteroatoms. The van der Waals surface area contributed by atoms with Crippen molar-refractivity contribution in [1.82, 2.24) is 25.4 Å². The molecule has 0 amide bonds. The van der Waals surface area contributed by atoms with Crippen molar-refractivity contribution in [2.24, 2.45) is 10.9 Å². The molecule has 27 heavy (non-hydrogen) atoms. The Kier molecular flexibility index (Phi) is 15.6. The Morgan fingerprint density at radius 1 is 1.26 bits per heavy atom. The van der Waals surface area contributed by atoms with E-state index in [1.165, 1.54) is 6.42 Å². The van der Waals surface area contributed by atoms with Crippen molar-refractivity contribution in [3.8, 4) is 0 Å². The second-order valence-electron chi connectivity index (χ2n) is 7.02. The molecule has 0 aromatic carbocycles. The van der Waals surface area contributed by atoms with Crippen molar-refractivity contribution >= 4 is 29.9 Å². The summed E-state index contributed by atoms with van der Waals surface area (Å²) in [5, 5.41) is 15.1. The Morgan fingerprint density at radius 3 is 2.70 bits per heavy atom. The summed E-state index contributed by atoms with van der Waals surface area (Å²) < 4.78 is 7.47. The fourth-order valence-corrected chi connectivity index (χ4v) is 2.58. The number of ether oxygens (including phenoxy) is 1. The number of aryl methyl sites for hydroxylation is 1. The van der Waals surface area contributed by atoms with Crippen molar-refractivity contribution in [2.45, 2.75) is 72.9 Å². The minimum absolute atomic E-state index is 0. The second kappa shape index (κ2) is 16.1. The number of rotatable bonds is 13. The van der Waals surface area contributed by atoms with Gasteiger partial charge >= 0.3 is 0 Å². The number of nitrogens with one attached hydrogen (secondary N) is 2. The molecule has 0 aliphatic heterocycles. The van der Waals surface area contributed by atoms with Crippen molar-refractivity contribution in [3.63, 3.8) is 0 Å². The van der Waals surface area contributed by atoms with E-state index in [0.717, 1.165) is 69.8 Å². The predicted molar refractivity (Wildman–Crippen MR) is 123 cm³/mol. The molecule has 1 rings (SSSR count). The van der Waals surface area contributed by atoms with Gasteiger partial charge in [0.05, 0.1) is 0 Å². The van der Waals surface area contributed by atoms with Gasteiger partial charge in [-0.3, -0.25) is 4.99 Å². The molecule has 0 spiro atoms. The number of nitrogens with zero attached hydrogens (tertiary/aromatic N) is 4. The van der Waals surface area contributed by atoms with Gasteiger partial charge in [0.1, 0.15) is 12.2 Å². The van der Waals surface area contributed by atoms with Crippen LogP contribution in [0.5, 0.6) is 0 Å². The highest BCUT2D eigenvalue weighted by atomic mass is 127. The van der Waals surface area contributed by atoms with Gasteiger partial charge in [-0.1, -0.05) is 20.8 Å². The van der Waals surface area contributed by atoms with Gasteiger partial charge in [-0.25, -0.2) is 0 Å². The van der Waals surface area contributed by atoms with E-state index in [1.54, 1.807) is 6.33 Å². The van der Waals surface area contributed by atoms with E-state index in [4.69, 9.17) is 9.73 Å². The Bertz CT molecular complexity index is 506. The smallest absolute Gasteiger partial charge is 0.191 e. The van der Waals surface area contributed by atoms with Crippen LogP contribution in [0, 0.1) is 5.92 Å². The maximum atomic E-state index is 5.39. The first-order chi connectivity index (χ1) is 12.6. The van der Waals surface area contributed by atoms with Crippen LogP contribution in [-0.2, 0) is 17.7 Å². The van der Waals surface area contributed by atoms with E-state index >= 15 is 0 Å². The lowest BCUT2D eigenvalue weighted by atomic mass is 10.0. The SMILES string of the molecule is CCOCCCN=C(NCCn1cnnc1CC)NC(C)CCC(C)C.I. The third kappa shape index (κ3) is 12.2. The molecule has 0 aliphatic rings. The Balaban J connectivity index is 0.00000676. The van der Waals surface area contributed by atoms with Crippen LogP contribution in [0.25, 0.3) is 0 Å². The van der Waals surface area contributed by atoms with E-state index in [0.29, 0.717) is 6.04 Å². The molecule has 0 saturated carbocycles. The van der Waals surface area contributed by atoms with Gasteiger partial charge in [-0.15, -0.1) is 34.2 Å². The summed E-state index contributed by atoms with van der Waals surface area (Å²) in [6.45, 7) is 14.8. The first kappa shape index (κ1) is 26.1. The molecule has 1 aromatic rings. The molecule has 0 radical (unpaired) electrons. The quantitative estimate of drug-likeness (QED) is 0.191. The minimum atomic E-state index is 0. The molecule has 0 bridgehead atoms. The summed E-state index contributed by atoms with van der Waals surface area (Å²) >= 11 is 0. The van der Waals surface area contributed by atoms with Gasteiger partial charge in [-0.2, -0.15) is 0 Å². The lowest BCUT2D eigenvalue weighted by Gasteiger charge is -2.19. The van der Waals surface area contributed by atoms with Crippen molar-refractivity contribution in [1.29, 1.82) is 0 Å². The van der Waals surface area contributed by atoms with Crippen LogP contribution >= 0.6 is 24.0 Å². The first-order valence-electron chi connectivity index (χ1n) is 10.1. The largest absolute Gasteiger partial charge is 0.382 e. The lowest BCUT2D eigenvalue weighted by molar-refractivity contribution is 0.146. The molecule has 1 unspecified atom stereocenters. The molecule has 1 heterocycles. The number of hydrogen-bond acceptors (Lipinski definition) is 4. The first-order valence-corrected chi connectivity index (χ1v) is 10.1. The molecule has 0 fully saturated rings. The average Bonchev–Trinajstić information content (AvgIpc) is 3.07. The van der Waals surface area contributed by atoms with E-state index in [-0.39, 0.29) is 24.0 Å². The third-order valence-electron chi connectivity index (χ3n) is 4.14. The van der Waals surface area contributed by atoms with Crippen LogP contribution in [0.3, 0.4) is 0 Å². The van der Waals surface area contributed by atoms with Crippen LogP contribution in [0.2, 0.25) is 0 Å². The highest BCUT2D eigenvalue weighted by molar-refractivity contribution is 14.0. The van der Waals surface area contributed by atoms with Gasteiger partial charge in [0, 0.05) is 45.3 Å². The molecule has 1 aromatic heterocycles. The molecule has 0 saturated heterocycles. The normalized spacial score (nSPS) is 12.7. The standard InChI is InChI=1S/C19H38N6O.HI/c1-6-18-24-22-15-25(18)13-12-21-19(20-11-8-14-26-7-2)23-17(5)10-9-16(3)4;/h15-17H,6-14H2,1-5H3,(H2,20,21,23);1H. The fraction of sp³-hybridized carbons (Fsp3) is 0.842. The molecular formula is C19H39IN6O. The number of aromatic nitrogens is 3. The molecule has 2 N–H and O–H groups in total. The number of hydrogen-bond donors (Lipinski definition) is 2. The maximum absolute atomic E-state index is 5.39. The van der Waals surface area contributed by atoms with Crippen molar-refractivity contribution in [3.05, 3.63) is 12.2 Å². The Morgan fingerprint density at radius 2 is 2.04 bits per heavy atom. The van der Waals surface area contributed by atoms with Gasteiger partial charge in [0.25, 0.3) is 0 Å². The monoisotopic (exact) mass is 494 g/mol. The molecule has 0 aliphatic carbocycles. The summed E-state index contributed by atoms with van der Waals surface area (Å²) in [5.74, 6) is 2.61. The van der Waals surface area contributed by atoms with Crippen LogP contribution in [0.1, 0.15) is 59.7 Å². The van der Waals surface area contributed by atoms with Gasteiger partial charge < -0.3 is 19.9 Å². The van der Waals surface area contributed by atoms with Gasteiger partial charge in [0.2, 0.25) is 0 Å². The lowest BCUT2D eigenvalue weighted by Crippen LogP contribution is -2.43. The third-order valence-corrected chi connectivity index (χ3v) is 4.14. The summed E-state index contributed by atoms with van der Waals surface area (Å²) in [5.41, 5.74) is 0. The Hall–Kier alpha value is -0.900. The van der Waals surface area contributed by atoms with Crippen LogP contribution in [-0.4, -0.2) is 53.1 Å². The summed E-state index contributed by atoms with van der Waals surface area (Å²) in [7, 11) is 0. The Labute approximate surface area is 182 Å². The van der Waals surface area contributed by atoms with Crippen LogP contribution in [0.15, 0.2) is 11.3 Å². The highest BCUT2D eigenvalue weighted by Crippen LogP contribution is 2.06. The second-order valence-corrected chi connectivity index (χ2v) is 7.02. The fourth-order valence-electron chi connectivity index (χ4n) is 2.58. The highest BCUT2D eigenvalue weighted by Gasteiger charge is 2.07. The minimum Gasteiger partial charge on any atom is -0.382 e. The van der Waals surface area contributed by atoms with Gasteiger partial charge in [0.15, 0.2) is 5.96 Å². The van der Waals surface area contributed by atoms with E-state index in [2.05, 4.69) is 53.1 Å². The average molecular weight is 494 g/mol. The topological polar surface area (TPSA) is 76.4 Å². The summed E-state index contributed by atoms with van der Waals surface area (Å²) in [4.78, 5) is 4.70. The van der Waals surface area contributed by atoms with E-state index in [9.17, 15) is 0 Å². The maximum Gasteiger partial charge on any atom is 0.191 e.